The second-order valence-corrected chi connectivity index (χ2v) is 8.11. The first-order valence-corrected chi connectivity index (χ1v) is 10.8. The van der Waals surface area contributed by atoms with Crippen LogP contribution in [0.5, 0.6) is 0 Å². The third kappa shape index (κ3) is 4.44. The summed E-state index contributed by atoms with van der Waals surface area (Å²) in [4.78, 5) is 11.7. The Morgan fingerprint density at radius 3 is 2.94 bits per heavy atom. The minimum absolute atomic E-state index is 0. The minimum Gasteiger partial charge on any atom is -0.386 e. The highest BCUT2D eigenvalue weighted by atomic mass is 15.2. The lowest BCUT2D eigenvalue weighted by Gasteiger charge is -2.28. The van der Waals surface area contributed by atoms with Crippen LogP contribution in [0.1, 0.15) is 36.3 Å². The van der Waals surface area contributed by atoms with E-state index in [9.17, 15) is 0 Å². The van der Waals surface area contributed by atoms with Crippen molar-refractivity contribution in [3.8, 4) is 0 Å². The van der Waals surface area contributed by atoms with Gasteiger partial charge >= 0.3 is 0 Å². The van der Waals surface area contributed by atoms with Crippen molar-refractivity contribution in [1.82, 2.24) is 15.2 Å². The maximum atomic E-state index is 4.80. The van der Waals surface area contributed by atoms with Crippen LogP contribution in [0, 0.1) is 6.92 Å². The Hall–Kier alpha value is -3.24. The van der Waals surface area contributed by atoms with Gasteiger partial charge in [-0.3, -0.25) is 14.9 Å². The van der Waals surface area contributed by atoms with Crippen molar-refractivity contribution in [1.29, 1.82) is 0 Å². The molecule has 0 amide bonds. The third-order valence-electron chi connectivity index (χ3n) is 5.86. The van der Waals surface area contributed by atoms with Gasteiger partial charge in [-0.2, -0.15) is 0 Å². The van der Waals surface area contributed by atoms with Gasteiger partial charge in [0.1, 0.15) is 0 Å². The van der Waals surface area contributed by atoms with Crippen LogP contribution in [0.15, 0.2) is 72.0 Å². The Bertz CT molecular complexity index is 1120. The van der Waals surface area contributed by atoms with Gasteiger partial charge in [-0.15, -0.1) is 0 Å². The maximum Gasteiger partial charge on any atom is 0.0659 e. The van der Waals surface area contributed by atoms with Crippen LogP contribution < -0.4 is 5.32 Å². The SMILES string of the molecule is C=C/C(=C1/CN(C)CCN1)c1cnc2c(c1)C(c1ccc(N=C/C=C/C)c(C)c1)=CC2.[HH]. The lowest BCUT2D eigenvalue weighted by Crippen LogP contribution is -2.40. The predicted molar refractivity (Wildman–Crippen MR) is 134 cm³/mol. The summed E-state index contributed by atoms with van der Waals surface area (Å²) in [5, 5.41) is 3.55. The summed E-state index contributed by atoms with van der Waals surface area (Å²) < 4.78 is 0. The summed E-state index contributed by atoms with van der Waals surface area (Å²) in [5.41, 5.74) is 10.4. The highest BCUT2D eigenvalue weighted by Gasteiger charge is 2.20. The lowest BCUT2D eigenvalue weighted by molar-refractivity contribution is 0.324. The summed E-state index contributed by atoms with van der Waals surface area (Å²) >= 11 is 0. The van der Waals surface area contributed by atoms with Gasteiger partial charge in [0.15, 0.2) is 0 Å². The second kappa shape index (κ2) is 9.27. The number of benzene rings is 1. The molecule has 4 rings (SSSR count). The first-order chi connectivity index (χ1) is 15.1. The van der Waals surface area contributed by atoms with E-state index in [1.165, 1.54) is 28.0 Å². The van der Waals surface area contributed by atoms with E-state index in [2.05, 4.69) is 66.1 Å². The fourth-order valence-corrected chi connectivity index (χ4v) is 4.19. The zero-order valence-corrected chi connectivity index (χ0v) is 18.7. The number of allylic oxidation sites excluding steroid dienone is 5. The van der Waals surface area contributed by atoms with Crippen molar-refractivity contribution in [3.63, 3.8) is 0 Å². The van der Waals surface area contributed by atoms with Crippen LogP contribution in [0.25, 0.3) is 11.1 Å². The number of aliphatic imine (C=N–C) groups is 1. The summed E-state index contributed by atoms with van der Waals surface area (Å²) in [6.07, 6.45) is 12.8. The fraction of sp³-hybridized carbons (Fsp3) is 0.259. The van der Waals surface area contributed by atoms with Gasteiger partial charge in [-0.1, -0.05) is 30.9 Å². The van der Waals surface area contributed by atoms with Gasteiger partial charge in [0.25, 0.3) is 0 Å². The predicted octanol–water partition coefficient (Wildman–Crippen LogP) is 5.33. The van der Waals surface area contributed by atoms with Crippen LogP contribution in [0.2, 0.25) is 0 Å². The normalized spacial score (nSPS) is 18.2. The zero-order valence-electron chi connectivity index (χ0n) is 18.7. The highest BCUT2D eigenvalue weighted by Crippen LogP contribution is 2.35. The molecule has 1 aliphatic carbocycles. The standard InChI is InChI=1S/C27H30N4.H2/c1-5-7-12-28-25-10-8-20(15-19(25)3)23-9-11-26-24(23)16-21(17-30-26)22(6-2)27-18-31(4)14-13-29-27;/h5-10,12,15-17,29H,2,11,13-14,18H2,1,3-4H3;1H/b7-5+,27-22+,28-12?;. The second-order valence-electron chi connectivity index (χ2n) is 8.11. The molecule has 1 fully saturated rings. The first-order valence-electron chi connectivity index (χ1n) is 10.8. The van der Waals surface area contributed by atoms with Crippen molar-refractivity contribution in [2.45, 2.75) is 20.3 Å². The molecule has 1 saturated heterocycles. The first kappa shape index (κ1) is 21.0. The maximum absolute atomic E-state index is 4.80. The molecule has 0 spiro atoms. The fourth-order valence-electron chi connectivity index (χ4n) is 4.19. The number of aryl methyl sites for hydroxylation is 1. The Morgan fingerprint density at radius 1 is 1.32 bits per heavy atom. The molecule has 0 saturated carbocycles. The molecular weight excluding hydrogens is 380 g/mol. The van der Waals surface area contributed by atoms with E-state index >= 15 is 0 Å². The van der Waals surface area contributed by atoms with Gasteiger partial charge in [0.2, 0.25) is 0 Å². The van der Waals surface area contributed by atoms with Crippen molar-refractivity contribution >= 4 is 23.0 Å². The lowest BCUT2D eigenvalue weighted by atomic mass is 9.95. The molecule has 2 heterocycles. The molecule has 1 aromatic heterocycles. The Balaban J connectivity index is 0.00000289. The van der Waals surface area contributed by atoms with E-state index in [0.717, 1.165) is 48.6 Å². The monoisotopic (exact) mass is 412 g/mol. The van der Waals surface area contributed by atoms with Crippen LogP contribution in [-0.4, -0.2) is 42.8 Å². The van der Waals surface area contributed by atoms with Gasteiger partial charge in [-0.25, -0.2) is 0 Å². The summed E-state index contributed by atoms with van der Waals surface area (Å²) in [6, 6.07) is 8.75. The molecule has 1 aromatic carbocycles. The number of nitrogens with one attached hydrogen (secondary N) is 1. The van der Waals surface area contributed by atoms with Crippen molar-refractivity contribution in [2.24, 2.45) is 4.99 Å². The average Bonchev–Trinajstić information content (AvgIpc) is 3.19. The summed E-state index contributed by atoms with van der Waals surface area (Å²) in [7, 11) is 2.15. The molecule has 0 radical (unpaired) electrons. The van der Waals surface area contributed by atoms with E-state index in [4.69, 9.17) is 4.98 Å². The van der Waals surface area contributed by atoms with E-state index < -0.39 is 0 Å². The number of nitrogens with zero attached hydrogens (tertiary/aromatic N) is 3. The van der Waals surface area contributed by atoms with Gasteiger partial charge < -0.3 is 5.32 Å². The number of rotatable bonds is 5. The zero-order chi connectivity index (χ0) is 21.8. The van der Waals surface area contributed by atoms with Crippen LogP contribution in [-0.2, 0) is 6.42 Å². The molecule has 0 bridgehead atoms. The third-order valence-corrected chi connectivity index (χ3v) is 5.86. The minimum atomic E-state index is 0. The molecule has 2 aromatic rings. The molecule has 0 atom stereocenters. The number of hydrogen-bond donors (Lipinski definition) is 1. The number of pyridine rings is 1. The molecule has 160 valence electrons. The van der Waals surface area contributed by atoms with Crippen molar-refractivity contribution < 1.29 is 1.43 Å². The molecular formula is C27H32N4. The molecule has 1 aliphatic heterocycles. The van der Waals surface area contributed by atoms with Crippen LogP contribution in [0.4, 0.5) is 5.69 Å². The van der Waals surface area contributed by atoms with Crippen LogP contribution in [0.3, 0.4) is 0 Å². The van der Waals surface area contributed by atoms with E-state index in [-0.39, 0.29) is 1.43 Å². The Kier molecular flexibility index (Phi) is 6.28. The van der Waals surface area contributed by atoms with Crippen molar-refractivity contribution in [3.05, 3.63) is 95.0 Å². The van der Waals surface area contributed by atoms with Gasteiger partial charge in [-0.05, 0) is 61.9 Å². The molecule has 2 aliphatic rings. The van der Waals surface area contributed by atoms with Gasteiger partial charge in [0.05, 0.1) is 11.4 Å². The van der Waals surface area contributed by atoms with Crippen LogP contribution >= 0.6 is 0 Å². The molecule has 1 N–H and O–H groups in total. The number of fused-ring (bicyclic) bond motifs is 1. The number of hydrogen-bond acceptors (Lipinski definition) is 4. The highest BCUT2D eigenvalue weighted by molar-refractivity contribution is 5.87. The summed E-state index contributed by atoms with van der Waals surface area (Å²) in [5.74, 6) is 0. The molecule has 31 heavy (non-hydrogen) atoms. The largest absolute Gasteiger partial charge is 0.386 e. The smallest absolute Gasteiger partial charge is 0.0659 e. The topological polar surface area (TPSA) is 40.5 Å². The molecule has 0 unspecified atom stereocenters. The average molecular weight is 413 g/mol. The van der Waals surface area contributed by atoms with Crippen molar-refractivity contribution in [2.75, 3.05) is 26.7 Å². The number of piperazine rings is 1. The number of aromatic nitrogens is 1. The number of likely N-dealkylation sites (N-methyl/N-ethyl adjacent to an activating group) is 1. The van der Waals surface area contributed by atoms with E-state index in [1.807, 2.05) is 37.6 Å². The summed E-state index contributed by atoms with van der Waals surface area (Å²) in [6.45, 7) is 11.1. The molecule has 4 nitrogen and oxygen atoms in total. The van der Waals surface area contributed by atoms with Gasteiger partial charge in [0, 0.05) is 62.3 Å². The molecule has 4 heteroatoms. The Labute approximate surface area is 186 Å². The quantitative estimate of drug-likeness (QED) is 0.675. The van der Waals surface area contributed by atoms with E-state index in [1.54, 1.807) is 0 Å². The van der Waals surface area contributed by atoms with E-state index in [0.29, 0.717) is 0 Å². The Morgan fingerprint density at radius 2 is 2.19 bits per heavy atom.